The predicted molar refractivity (Wildman–Crippen MR) is 82.0 cm³/mol. The van der Waals surface area contributed by atoms with E-state index in [-0.39, 0.29) is 0 Å². The zero-order chi connectivity index (χ0) is 15.2. The van der Waals surface area contributed by atoms with Gasteiger partial charge in [-0.3, -0.25) is 0 Å². The zero-order valence-corrected chi connectivity index (χ0v) is 12.2. The SMILES string of the molecule is CCOC(=O)C(N)c1cc(-c2ccccc2)ccc1OC. The van der Waals surface area contributed by atoms with E-state index in [0.29, 0.717) is 17.9 Å². The molecule has 2 aromatic rings. The number of carbonyl (C=O) groups is 1. The molecule has 4 heteroatoms. The molecule has 0 heterocycles. The summed E-state index contributed by atoms with van der Waals surface area (Å²) < 4.78 is 10.3. The van der Waals surface area contributed by atoms with Crippen molar-refractivity contribution in [1.82, 2.24) is 0 Å². The summed E-state index contributed by atoms with van der Waals surface area (Å²) in [7, 11) is 1.55. The Labute approximate surface area is 124 Å². The standard InChI is InChI=1S/C17H19NO3/c1-3-21-17(19)16(18)14-11-13(9-10-15(14)20-2)12-7-5-4-6-8-12/h4-11,16H,3,18H2,1-2H3. The van der Waals surface area contributed by atoms with Gasteiger partial charge in [0, 0.05) is 5.56 Å². The van der Waals surface area contributed by atoms with E-state index < -0.39 is 12.0 Å². The number of hydrogen-bond donors (Lipinski definition) is 1. The second kappa shape index (κ2) is 6.90. The van der Waals surface area contributed by atoms with E-state index in [4.69, 9.17) is 15.2 Å². The Balaban J connectivity index is 2.41. The van der Waals surface area contributed by atoms with Crippen LogP contribution in [-0.2, 0) is 9.53 Å². The molecular weight excluding hydrogens is 266 g/mol. The molecule has 0 saturated heterocycles. The maximum absolute atomic E-state index is 11.9. The van der Waals surface area contributed by atoms with E-state index in [0.717, 1.165) is 11.1 Å². The first kappa shape index (κ1) is 15.1. The lowest BCUT2D eigenvalue weighted by Crippen LogP contribution is -2.24. The van der Waals surface area contributed by atoms with Crippen LogP contribution in [0.1, 0.15) is 18.5 Å². The van der Waals surface area contributed by atoms with Crippen molar-refractivity contribution in [3.63, 3.8) is 0 Å². The molecule has 0 radical (unpaired) electrons. The lowest BCUT2D eigenvalue weighted by atomic mass is 9.99. The van der Waals surface area contributed by atoms with Crippen LogP contribution in [0.25, 0.3) is 11.1 Å². The van der Waals surface area contributed by atoms with Gasteiger partial charge in [-0.15, -0.1) is 0 Å². The molecule has 2 N–H and O–H groups in total. The molecule has 21 heavy (non-hydrogen) atoms. The normalized spacial score (nSPS) is 11.8. The average Bonchev–Trinajstić information content (AvgIpc) is 2.54. The highest BCUT2D eigenvalue weighted by atomic mass is 16.5. The van der Waals surface area contributed by atoms with Crippen molar-refractivity contribution in [3.05, 3.63) is 54.1 Å². The van der Waals surface area contributed by atoms with Gasteiger partial charge in [-0.2, -0.15) is 0 Å². The lowest BCUT2D eigenvalue weighted by molar-refractivity contribution is -0.144. The molecule has 0 bridgehead atoms. The van der Waals surface area contributed by atoms with Crippen LogP contribution >= 0.6 is 0 Å². The van der Waals surface area contributed by atoms with Gasteiger partial charge in [0.25, 0.3) is 0 Å². The summed E-state index contributed by atoms with van der Waals surface area (Å²) in [5.41, 5.74) is 8.65. The Bertz CT molecular complexity index is 611. The first-order chi connectivity index (χ1) is 10.2. The molecule has 0 spiro atoms. The van der Waals surface area contributed by atoms with E-state index >= 15 is 0 Å². The highest BCUT2D eigenvalue weighted by molar-refractivity contribution is 5.79. The number of esters is 1. The van der Waals surface area contributed by atoms with Crippen LogP contribution in [0.4, 0.5) is 0 Å². The summed E-state index contributed by atoms with van der Waals surface area (Å²) in [6.07, 6.45) is 0. The number of hydrogen-bond acceptors (Lipinski definition) is 4. The van der Waals surface area contributed by atoms with Crippen LogP contribution in [0.3, 0.4) is 0 Å². The molecule has 2 rings (SSSR count). The molecule has 0 aliphatic carbocycles. The molecule has 2 aromatic carbocycles. The maximum atomic E-state index is 11.9. The van der Waals surface area contributed by atoms with Crippen molar-refractivity contribution in [2.45, 2.75) is 13.0 Å². The Morgan fingerprint density at radius 1 is 1.14 bits per heavy atom. The lowest BCUT2D eigenvalue weighted by Gasteiger charge is -2.16. The number of nitrogens with two attached hydrogens (primary N) is 1. The quantitative estimate of drug-likeness (QED) is 0.858. The molecule has 110 valence electrons. The summed E-state index contributed by atoms with van der Waals surface area (Å²) in [5.74, 6) is 0.122. The minimum atomic E-state index is -0.858. The molecule has 1 atom stereocenters. The van der Waals surface area contributed by atoms with Crippen LogP contribution in [-0.4, -0.2) is 19.7 Å². The fraction of sp³-hybridized carbons (Fsp3) is 0.235. The number of benzene rings is 2. The van der Waals surface area contributed by atoms with Crippen molar-refractivity contribution in [1.29, 1.82) is 0 Å². The average molecular weight is 285 g/mol. The number of ether oxygens (including phenoxy) is 2. The van der Waals surface area contributed by atoms with E-state index in [1.807, 2.05) is 48.5 Å². The summed E-state index contributed by atoms with van der Waals surface area (Å²) >= 11 is 0. The topological polar surface area (TPSA) is 61.5 Å². The molecule has 0 saturated carbocycles. The monoisotopic (exact) mass is 285 g/mol. The van der Waals surface area contributed by atoms with Gasteiger partial charge in [0.2, 0.25) is 0 Å². The van der Waals surface area contributed by atoms with Crippen molar-refractivity contribution >= 4 is 5.97 Å². The van der Waals surface area contributed by atoms with Gasteiger partial charge >= 0.3 is 5.97 Å². The second-order valence-corrected chi connectivity index (χ2v) is 4.55. The third-order valence-electron chi connectivity index (χ3n) is 3.21. The van der Waals surface area contributed by atoms with Crippen molar-refractivity contribution in [3.8, 4) is 16.9 Å². The maximum Gasteiger partial charge on any atom is 0.327 e. The smallest absolute Gasteiger partial charge is 0.327 e. The molecule has 0 aromatic heterocycles. The predicted octanol–water partition coefficient (Wildman–Crippen LogP) is 2.93. The summed E-state index contributed by atoms with van der Waals surface area (Å²) in [5, 5.41) is 0. The highest BCUT2D eigenvalue weighted by Gasteiger charge is 2.21. The van der Waals surface area contributed by atoms with Gasteiger partial charge in [-0.25, -0.2) is 4.79 Å². The molecule has 0 amide bonds. The number of carbonyl (C=O) groups excluding carboxylic acids is 1. The van der Waals surface area contributed by atoms with Gasteiger partial charge in [-0.05, 0) is 30.2 Å². The fourth-order valence-corrected chi connectivity index (χ4v) is 2.15. The van der Waals surface area contributed by atoms with Crippen LogP contribution in [0.2, 0.25) is 0 Å². The number of rotatable bonds is 5. The van der Waals surface area contributed by atoms with E-state index in [1.54, 1.807) is 14.0 Å². The van der Waals surface area contributed by atoms with Crippen molar-refractivity contribution < 1.29 is 14.3 Å². The van der Waals surface area contributed by atoms with Crippen LogP contribution in [0.15, 0.2) is 48.5 Å². The second-order valence-electron chi connectivity index (χ2n) is 4.55. The zero-order valence-electron chi connectivity index (χ0n) is 12.2. The minimum absolute atomic E-state index is 0.299. The summed E-state index contributed by atoms with van der Waals surface area (Å²) in [4.78, 5) is 11.9. The van der Waals surface area contributed by atoms with Crippen LogP contribution in [0.5, 0.6) is 5.75 Å². The van der Waals surface area contributed by atoms with Gasteiger partial charge in [0.05, 0.1) is 13.7 Å². The molecule has 0 fully saturated rings. The minimum Gasteiger partial charge on any atom is -0.496 e. The Kier molecular flexibility index (Phi) is 4.95. The highest BCUT2D eigenvalue weighted by Crippen LogP contribution is 2.30. The summed E-state index contributed by atoms with van der Waals surface area (Å²) in [6, 6.07) is 14.7. The van der Waals surface area contributed by atoms with Crippen LogP contribution in [0, 0.1) is 0 Å². The van der Waals surface area contributed by atoms with Crippen molar-refractivity contribution in [2.75, 3.05) is 13.7 Å². The van der Waals surface area contributed by atoms with Gasteiger partial charge in [0.15, 0.2) is 0 Å². The molecule has 0 aliphatic heterocycles. The van der Waals surface area contributed by atoms with Gasteiger partial charge in [0.1, 0.15) is 11.8 Å². The van der Waals surface area contributed by atoms with Gasteiger partial charge in [-0.1, -0.05) is 36.4 Å². The van der Waals surface area contributed by atoms with E-state index in [1.165, 1.54) is 0 Å². The Morgan fingerprint density at radius 3 is 2.48 bits per heavy atom. The molecule has 0 aliphatic rings. The third kappa shape index (κ3) is 3.41. The van der Waals surface area contributed by atoms with Crippen molar-refractivity contribution in [2.24, 2.45) is 5.73 Å². The molecule has 4 nitrogen and oxygen atoms in total. The summed E-state index contributed by atoms with van der Waals surface area (Å²) in [6.45, 7) is 2.05. The van der Waals surface area contributed by atoms with Crippen LogP contribution < -0.4 is 10.5 Å². The number of methoxy groups -OCH3 is 1. The van der Waals surface area contributed by atoms with E-state index in [9.17, 15) is 4.79 Å². The first-order valence-electron chi connectivity index (χ1n) is 6.83. The van der Waals surface area contributed by atoms with Gasteiger partial charge < -0.3 is 15.2 Å². The Morgan fingerprint density at radius 2 is 1.86 bits per heavy atom. The largest absolute Gasteiger partial charge is 0.496 e. The van der Waals surface area contributed by atoms with E-state index in [2.05, 4.69) is 0 Å². The molecular formula is C17H19NO3. The Hall–Kier alpha value is -2.33. The third-order valence-corrected chi connectivity index (χ3v) is 3.21. The molecule has 1 unspecified atom stereocenters. The fourth-order valence-electron chi connectivity index (χ4n) is 2.15. The first-order valence-corrected chi connectivity index (χ1v) is 6.83.